The number of phenolic OH excluding ortho intramolecular Hbond substituents is 1. The lowest BCUT2D eigenvalue weighted by Gasteiger charge is -2.30. The van der Waals surface area contributed by atoms with Crippen molar-refractivity contribution in [2.45, 2.75) is 39.0 Å². The molecule has 0 spiro atoms. The zero-order valence-electron chi connectivity index (χ0n) is 15.7. The SMILES string of the molecule is CCCc1ccc(O)c(C(C)(C)c2ccccc2)c1Oc1ccccc1. The van der Waals surface area contributed by atoms with Crippen LogP contribution in [0.15, 0.2) is 72.8 Å². The maximum Gasteiger partial charge on any atom is 0.138 e. The Morgan fingerprint density at radius 1 is 0.846 bits per heavy atom. The Morgan fingerprint density at radius 3 is 2.08 bits per heavy atom. The van der Waals surface area contributed by atoms with Crippen LogP contribution in [0.1, 0.15) is 43.9 Å². The third-order valence-electron chi connectivity index (χ3n) is 4.82. The summed E-state index contributed by atoms with van der Waals surface area (Å²) >= 11 is 0. The van der Waals surface area contributed by atoms with Gasteiger partial charge in [-0.2, -0.15) is 0 Å². The van der Waals surface area contributed by atoms with Gasteiger partial charge in [0.05, 0.1) is 0 Å². The standard InChI is InChI=1S/C24H26O2/c1-4-11-18-16-17-21(25)22(23(18)26-20-14-9-6-10-15-20)24(2,3)19-12-7-5-8-13-19/h5-10,12-17,25H,4,11H2,1-3H3. The summed E-state index contributed by atoms with van der Waals surface area (Å²) in [5.41, 5.74) is 2.70. The minimum absolute atomic E-state index is 0.268. The van der Waals surface area contributed by atoms with Crippen molar-refractivity contribution in [1.82, 2.24) is 0 Å². The van der Waals surface area contributed by atoms with Gasteiger partial charge in [0.1, 0.15) is 17.2 Å². The van der Waals surface area contributed by atoms with Gasteiger partial charge in [-0.15, -0.1) is 0 Å². The van der Waals surface area contributed by atoms with E-state index in [-0.39, 0.29) is 11.2 Å². The second kappa shape index (κ2) is 7.65. The Morgan fingerprint density at radius 2 is 1.46 bits per heavy atom. The van der Waals surface area contributed by atoms with Crippen LogP contribution in [0, 0.1) is 0 Å². The lowest BCUT2D eigenvalue weighted by Crippen LogP contribution is -2.20. The molecule has 3 rings (SSSR count). The third kappa shape index (κ3) is 3.60. The van der Waals surface area contributed by atoms with Gasteiger partial charge < -0.3 is 9.84 Å². The van der Waals surface area contributed by atoms with Crippen molar-refractivity contribution in [2.75, 3.05) is 0 Å². The van der Waals surface area contributed by atoms with Crippen molar-refractivity contribution in [3.05, 3.63) is 89.5 Å². The van der Waals surface area contributed by atoms with E-state index in [1.807, 2.05) is 54.6 Å². The Hall–Kier alpha value is -2.74. The molecule has 0 aliphatic heterocycles. The molecular weight excluding hydrogens is 320 g/mol. The number of aryl methyl sites for hydroxylation is 1. The summed E-state index contributed by atoms with van der Waals surface area (Å²) < 4.78 is 6.32. The highest BCUT2D eigenvalue weighted by Crippen LogP contribution is 2.46. The summed E-state index contributed by atoms with van der Waals surface area (Å²) in [6.45, 7) is 6.41. The van der Waals surface area contributed by atoms with Crippen LogP contribution in [0.25, 0.3) is 0 Å². The molecule has 0 bridgehead atoms. The summed E-state index contributed by atoms with van der Waals surface area (Å²) in [6, 6.07) is 23.8. The molecule has 0 aliphatic rings. The molecule has 1 N–H and O–H groups in total. The summed E-state index contributed by atoms with van der Waals surface area (Å²) in [5.74, 6) is 1.82. The lowest BCUT2D eigenvalue weighted by atomic mass is 9.76. The van der Waals surface area contributed by atoms with E-state index < -0.39 is 0 Å². The van der Waals surface area contributed by atoms with Crippen LogP contribution in [-0.2, 0) is 11.8 Å². The first-order valence-electron chi connectivity index (χ1n) is 9.17. The summed E-state index contributed by atoms with van der Waals surface area (Å²) in [7, 11) is 0. The molecule has 2 nitrogen and oxygen atoms in total. The van der Waals surface area contributed by atoms with Crippen LogP contribution in [0.5, 0.6) is 17.2 Å². The lowest BCUT2D eigenvalue weighted by molar-refractivity contribution is 0.419. The number of hydrogen-bond acceptors (Lipinski definition) is 2. The van der Waals surface area contributed by atoms with Crippen LogP contribution < -0.4 is 4.74 Å². The Labute approximate surface area is 156 Å². The average Bonchev–Trinajstić information content (AvgIpc) is 2.65. The predicted octanol–water partition coefficient (Wildman–Crippen LogP) is 6.46. The minimum atomic E-state index is -0.390. The number of aromatic hydroxyl groups is 1. The molecule has 3 aromatic rings. The summed E-state index contributed by atoms with van der Waals surface area (Å²) in [5, 5.41) is 10.8. The molecule has 134 valence electrons. The van der Waals surface area contributed by atoms with Crippen LogP contribution in [-0.4, -0.2) is 5.11 Å². The fourth-order valence-electron chi connectivity index (χ4n) is 3.41. The molecule has 0 saturated carbocycles. The molecule has 0 aromatic heterocycles. The number of hydrogen-bond donors (Lipinski definition) is 1. The fourth-order valence-corrected chi connectivity index (χ4v) is 3.41. The molecule has 0 atom stereocenters. The van der Waals surface area contributed by atoms with Gasteiger partial charge in [0.15, 0.2) is 0 Å². The van der Waals surface area contributed by atoms with Crippen molar-refractivity contribution < 1.29 is 9.84 Å². The van der Waals surface area contributed by atoms with Gasteiger partial charge in [-0.3, -0.25) is 0 Å². The maximum absolute atomic E-state index is 10.8. The van der Waals surface area contributed by atoms with E-state index >= 15 is 0 Å². The number of para-hydroxylation sites is 1. The molecule has 0 fully saturated rings. The Kier molecular flexibility index (Phi) is 5.32. The number of phenols is 1. The fraction of sp³-hybridized carbons (Fsp3) is 0.250. The highest BCUT2D eigenvalue weighted by molar-refractivity contribution is 5.58. The molecule has 2 heteroatoms. The van der Waals surface area contributed by atoms with Gasteiger partial charge in [-0.25, -0.2) is 0 Å². The monoisotopic (exact) mass is 346 g/mol. The average molecular weight is 346 g/mol. The molecule has 26 heavy (non-hydrogen) atoms. The first-order valence-corrected chi connectivity index (χ1v) is 9.17. The second-order valence-electron chi connectivity index (χ2n) is 7.10. The van der Waals surface area contributed by atoms with Crippen LogP contribution >= 0.6 is 0 Å². The van der Waals surface area contributed by atoms with Crippen LogP contribution in [0.4, 0.5) is 0 Å². The van der Waals surface area contributed by atoms with Gasteiger partial charge in [0.2, 0.25) is 0 Å². The normalized spacial score (nSPS) is 11.3. The number of rotatable bonds is 6. The van der Waals surface area contributed by atoms with Gasteiger partial charge in [0, 0.05) is 11.0 Å². The zero-order valence-corrected chi connectivity index (χ0v) is 15.7. The number of ether oxygens (including phenoxy) is 1. The van der Waals surface area contributed by atoms with E-state index in [0.717, 1.165) is 41.0 Å². The van der Waals surface area contributed by atoms with E-state index in [0.29, 0.717) is 0 Å². The largest absolute Gasteiger partial charge is 0.507 e. The number of benzene rings is 3. The van der Waals surface area contributed by atoms with Crippen LogP contribution in [0.2, 0.25) is 0 Å². The molecule has 0 radical (unpaired) electrons. The second-order valence-corrected chi connectivity index (χ2v) is 7.10. The predicted molar refractivity (Wildman–Crippen MR) is 107 cm³/mol. The molecule has 0 unspecified atom stereocenters. The highest BCUT2D eigenvalue weighted by Gasteiger charge is 2.31. The highest BCUT2D eigenvalue weighted by atomic mass is 16.5. The molecule has 0 heterocycles. The zero-order chi connectivity index (χ0) is 18.6. The van der Waals surface area contributed by atoms with Gasteiger partial charge in [-0.1, -0.05) is 81.8 Å². The first kappa shape index (κ1) is 18.1. The third-order valence-corrected chi connectivity index (χ3v) is 4.82. The van der Waals surface area contributed by atoms with Gasteiger partial charge >= 0.3 is 0 Å². The Bertz CT molecular complexity index is 852. The summed E-state index contributed by atoms with van der Waals surface area (Å²) in [6.07, 6.45) is 1.92. The van der Waals surface area contributed by atoms with Gasteiger partial charge in [-0.05, 0) is 35.7 Å². The smallest absolute Gasteiger partial charge is 0.138 e. The molecule has 0 amide bonds. The van der Waals surface area contributed by atoms with Crippen molar-refractivity contribution in [3.8, 4) is 17.2 Å². The van der Waals surface area contributed by atoms with Crippen molar-refractivity contribution in [2.24, 2.45) is 0 Å². The van der Waals surface area contributed by atoms with E-state index in [2.05, 4.69) is 32.9 Å². The maximum atomic E-state index is 10.8. The van der Waals surface area contributed by atoms with Crippen molar-refractivity contribution >= 4 is 0 Å². The van der Waals surface area contributed by atoms with Crippen molar-refractivity contribution in [3.63, 3.8) is 0 Å². The summed E-state index contributed by atoms with van der Waals surface area (Å²) in [4.78, 5) is 0. The molecular formula is C24H26O2. The minimum Gasteiger partial charge on any atom is -0.507 e. The van der Waals surface area contributed by atoms with Crippen LogP contribution in [0.3, 0.4) is 0 Å². The Balaban J connectivity index is 2.18. The van der Waals surface area contributed by atoms with Gasteiger partial charge in [0.25, 0.3) is 0 Å². The molecule has 0 aliphatic carbocycles. The van der Waals surface area contributed by atoms with E-state index in [1.54, 1.807) is 6.07 Å². The van der Waals surface area contributed by atoms with E-state index in [4.69, 9.17) is 4.74 Å². The first-order chi connectivity index (χ1) is 12.5. The molecule has 0 saturated heterocycles. The van der Waals surface area contributed by atoms with E-state index in [9.17, 15) is 5.11 Å². The van der Waals surface area contributed by atoms with E-state index in [1.165, 1.54) is 0 Å². The topological polar surface area (TPSA) is 29.5 Å². The molecule has 3 aromatic carbocycles. The van der Waals surface area contributed by atoms with Crippen molar-refractivity contribution in [1.29, 1.82) is 0 Å². The quantitative estimate of drug-likeness (QED) is 0.555.